The lowest BCUT2D eigenvalue weighted by Gasteiger charge is -1.96. The van der Waals surface area contributed by atoms with Gasteiger partial charge in [-0.1, -0.05) is 12.7 Å². The molecule has 0 bridgehead atoms. The molecule has 0 aromatic carbocycles. The fourth-order valence-electron chi connectivity index (χ4n) is 0.478. The van der Waals surface area contributed by atoms with Crippen LogP contribution in [0.5, 0.6) is 0 Å². The fourth-order valence-corrected chi connectivity index (χ4v) is 0.478. The van der Waals surface area contributed by atoms with Crippen molar-refractivity contribution in [2.45, 2.75) is 6.92 Å². The minimum absolute atomic E-state index is 0.0261. The number of nitriles is 1. The predicted octanol–water partition coefficient (Wildman–Crippen LogP) is 1.19. The van der Waals surface area contributed by atoms with Gasteiger partial charge in [-0.05, 0) is 13.0 Å². The number of hydrogen-bond donors (Lipinski definition) is 0. The minimum Gasteiger partial charge on any atom is -0.462 e. The highest BCUT2D eigenvalue weighted by Gasteiger charge is 2.06. The maximum Gasteiger partial charge on any atom is 0.348 e. The van der Waals surface area contributed by atoms with Crippen LogP contribution in [0.15, 0.2) is 24.3 Å². The number of rotatable bonds is 3. The van der Waals surface area contributed by atoms with Gasteiger partial charge in [0.1, 0.15) is 11.6 Å². The third kappa shape index (κ3) is 3.21. The lowest BCUT2D eigenvalue weighted by atomic mass is 10.3. The van der Waals surface area contributed by atoms with Crippen molar-refractivity contribution in [3.05, 3.63) is 24.3 Å². The zero-order chi connectivity index (χ0) is 8.69. The van der Waals surface area contributed by atoms with Crippen molar-refractivity contribution < 1.29 is 9.53 Å². The second-order valence-electron chi connectivity index (χ2n) is 1.65. The molecule has 3 heteroatoms. The number of allylic oxidation sites excluding steroid dienone is 2. The topological polar surface area (TPSA) is 50.1 Å². The van der Waals surface area contributed by atoms with Crippen molar-refractivity contribution in [2.24, 2.45) is 0 Å². The van der Waals surface area contributed by atoms with Crippen molar-refractivity contribution in [1.82, 2.24) is 0 Å². The first-order valence-corrected chi connectivity index (χ1v) is 3.16. The molecule has 0 atom stereocenters. The molecule has 0 heterocycles. The molecular formula is C8H9NO2. The average Bonchev–Trinajstić information content (AvgIpc) is 2.00. The van der Waals surface area contributed by atoms with E-state index in [-0.39, 0.29) is 12.2 Å². The predicted molar refractivity (Wildman–Crippen MR) is 40.5 cm³/mol. The molecule has 3 nitrogen and oxygen atoms in total. The van der Waals surface area contributed by atoms with Crippen molar-refractivity contribution in [3.8, 4) is 6.07 Å². The maximum absolute atomic E-state index is 10.8. The summed E-state index contributed by atoms with van der Waals surface area (Å²) >= 11 is 0. The first kappa shape index (κ1) is 9.44. The summed E-state index contributed by atoms with van der Waals surface area (Å²) in [6.07, 6.45) is 2.69. The van der Waals surface area contributed by atoms with E-state index in [9.17, 15) is 4.79 Å². The van der Waals surface area contributed by atoms with Crippen molar-refractivity contribution >= 4 is 5.97 Å². The quantitative estimate of drug-likeness (QED) is 0.263. The average molecular weight is 151 g/mol. The van der Waals surface area contributed by atoms with Crippen LogP contribution in [0.25, 0.3) is 0 Å². The number of ether oxygens (including phenoxy) is 1. The Morgan fingerprint density at radius 1 is 1.82 bits per heavy atom. The van der Waals surface area contributed by atoms with E-state index in [0.717, 1.165) is 0 Å². The van der Waals surface area contributed by atoms with E-state index in [0.29, 0.717) is 0 Å². The lowest BCUT2D eigenvalue weighted by Crippen LogP contribution is -2.05. The van der Waals surface area contributed by atoms with Gasteiger partial charge in [0.05, 0.1) is 6.61 Å². The molecular weight excluding hydrogens is 142 g/mol. The molecule has 0 aliphatic heterocycles. The molecule has 0 unspecified atom stereocenters. The summed E-state index contributed by atoms with van der Waals surface area (Å²) in [5, 5.41) is 8.39. The molecule has 0 aromatic heterocycles. The van der Waals surface area contributed by atoms with E-state index < -0.39 is 5.97 Å². The van der Waals surface area contributed by atoms with Gasteiger partial charge in [-0.2, -0.15) is 5.26 Å². The normalized spacial score (nSPS) is 10.0. The van der Waals surface area contributed by atoms with Gasteiger partial charge in [0.15, 0.2) is 0 Å². The smallest absolute Gasteiger partial charge is 0.348 e. The zero-order valence-electron chi connectivity index (χ0n) is 6.33. The molecule has 0 aliphatic rings. The van der Waals surface area contributed by atoms with Gasteiger partial charge < -0.3 is 4.74 Å². The van der Waals surface area contributed by atoms with Gasteiger partial charge in [0.2, 0.25) is 0 Å². The molecule has 0 fully saturated rings. The molecule has 0 spiro atoms. The monoisotopic (exact) mass is 151 g/mol. The fraction of sp³-hybridized carbons (Fsp3) is 0.250. The van der Waals surface area contributed by atoms with E-state index in [1.54, 1.807) is 13.0 Å². The van der Waals surface area contributed by atoms with E-state index in [1.165, 1.54) is 12.2 Å². The van der Waals surface area contributed by atoms with Crippen molar-refractivity contribution in [1.29, 1.82) is 5.26 Å². The third-order valence-corrected chi connectivity index (χ3v) is 0.900. The molecule has 0 saturated heterocycles. The van der Waals surface area contributed by atoms with Gasteiger partial charge in [-0.25, -0.2) is 4.79 Å². The number of esters is 1. The summed E-state index contributed by atoms with van der Waals surface area (Å²) in [5.74, 6) is -0.602. The molecule has 0 aliphatic carbocycles. The summed E-state index contributed by atoms with van der Waals surface area (Å²) in [4.78, 5) is 10.8. The van der Waals surface area contributed by atoms with Gasteiger partial charge in [0.25, 0.3) is 0 Å². The van der Waals surface area contributed by atoms with Crippen LogP contribution in [0.4, 0.5) is 0 Å². The molecule has 0 saturated carbocycles. The van der Waals surface area contributed by atoms with E-state index >= 15 is 0 Å². The van der Waals surface area contributed by atoms with Crippen LogP contribution in [0.2, 0.25) is 0 Å². The van der Waals surface area contributed by atoms with E-state index in [2.05, 4.69) is 11.3 Å². The van der Waals surface area contributed by atoms with Crippen LogP contribution in [-0.2, 0) is 9.53 Å². The second-order valence-corrected chi connectivity index (χ2v) is 1.65. The summed E-state index contributed by atoms with van der Waals surface area (Å²) in [5.41, 5.74) is -0.0261. The molecule has 58 valence electrons. The van der Waals surface area contributed by atoms with Gasteiger partial charge in [-0.3, -0.25) is 0 Å². The zero-order valence-corrected chi connectivity index (χ0v) is 6.33. The highest BCUT2D eigenvalue weighted by molar-refractivity contribution is 5.92. The molecule has 0 N–H and O–H groups in total. The number of carbonyl (C=O) groups excluding carboxylic acids is 1. The summed E-state index contributed by atoms with van der Waals surface area (Å²) < 4.78 is 4.57. The second kappa shape index (κ2) is 5.24. The first-order valence-electron chi connectivity index (χ1n) is 3.16. The molecule has 0 amide bonds. The Kier molecular flexibility index (Phi) is 4.50. The van der Waals surface area contributed by atoms with E-state index in [1.807, 2.05) is 0 Å². The number of hydrogen-bond acceptors (Lipinski definition) is 3. The highest BCUT2D eigenvalue weighted by atomic mass is 16.5. The van der Waals surface area contributed by atoms with Crippen LogP contribution >= 0.6 is 0 Å². The van der Waals surface area contributed by atoms with E-state index in [4.69, 9.17) is 5.26 Å². The van der Waals surface area contributed by atoms with Crippen LogP contribution in [0, 0.1) is 11.3 Å². The summed E-state index contributed by atoms with van der Waals surface area (Å²) in [7, 11) is 0. The number of nitrogens with zero attached hydrogens (tertiary/aromatic N) is 1. The summed E-state index contributed by atoms with van der Waals surface area (Å²) in [6.45, 7) is 5.31. The molecule has 0 aromatic rings. The SMILES string of the molecule is C=CC=C(C#N)C(=O)OCC. The number of carbonyl (C=O) groups is 1. The highest BCUT2D eigenvalue weighted by Crippen LogP contribution is 1.95. The lowest BCUT2D eigenvalue weighted by molar-refractivity contribution is -0.138. The largest absolute Gasteiger partial charge is 0.462 e. The third-order valence-electron chi connectivity index (χ3n) is 0.900. The van der Waals surface area contributed by atoms with Crippen LogP contribution in [0.3, 0.4) is 0 Å². The Morgan fingerprint density at radius 3 is 2.82 bits per heavy atom. The Labute approximate surface area is 65.6 Å². The molecule has 11 heavy (non-hydrogen) atoms. The first-order chi connectivity index (χ1) is 5.26. The van der Waals surface area contributed by atoms with Crippen molar-refractivity contribution in [2.75, 3.05) is 6.61 Å². The van der Waals surface area contributed by atoms with Gasteiger partial charge >= 0.3 is 5.97 Å². The van der Waals surface area contributed by atoms with Crippen LogP contribution < -0.4 is 0 Å². The minimum atomic E-state index is -0.602. The molecule has 0 radical (unpaired) electrons. The maximum atomic E-state index is 10.8. The Morgan fingerprint density at radius 2 is 2.45 bits per heavy atom. The standard InChI is InChI=1S/C8H9NO2/c1-3-5-7(6-9)8(10)11-4-2/h3,5H,1,4H2,2H3. The Balaban J connectivity index is 4.29. The van der Waals surface area contributed by atoms with Gasteiger partial charge in [0, 0.05) is 0 Å². The molecule has 0 rings (SSSR count). The Hall–Kier alpha value is -1.56. The van der Waals surface area contributed by atoms with Crippen LogP contribution in [0.1, 0.15) is 6.92 Å². The van der Waals surface area contributed by atoms with Crippen molar-refractivity contribution in [3.63, 3.8) is 0 Å². The Bertz CT molecular complexity index is 223. The summed E-state index contributed by atoms with van der Waals surface area (Å²) in [6, 6.07) is 1.70. The van der Waals surface area contributed by atoms with Gasteiger partial charge in [-0.15, -0.1) is 0 Å². The van der Waals surface area contributed by atoms with Crippen LogP contribution in [-0.4, -0.2) is 12.6 Å².